The lowest BCUT2D eigenvalue weighted by Crippen LogP contribution is -2.63. The number of halogens is 1. The van der Waals surface area contributed by atoms with Gasteiger partial charge in [-0.25, -0.2) is 9.37 Å². The molecule has 2 aromatic heterocycles. The minimum absolute atomic E-state index is 0.0629. The molecule has 35 heavy (non-hydrogen) atoms. The Kier molecular flexibility index (Phi) is 5.33. The summed E-state index contributed by atoms with van der Waals surface area (Å²) in [7, 11) is 0. The molecule has 1 unspecified atom stereocenters. The lowest BCUT2D eigenvalue weighted by Gasteiger charge is -2.57. The molecule has 7 nitrogen and oxygen atoms in total. The van der Waals surface area contributed by atoms with E-state index >= 15 is 0 Å². The molecule has 2 aromatic carbocycles. The normalized spacial score (nSPS) is 23.2. The van der Waals surface area contributed by atoms with E-state index in [1.165, 1.54) is 28.3 Å². The van der Waals surface area contributed by atoms with E-state index in [4.69, 9.17) is 0 Å². The molecule has 0 radical (unpaired) electrons. The van der Waals surface area contributed by atoms with Crippen LogP contribution < -0.4 is 0 Å². The molecule has 0 N–H and O–H groups in total. The van der Waals surface area contributed by atoms with E-state index in [0.29, 0.717) is 28.7 Å². The lowest BCUT2D eigenvalue weighted by molar-refractivity contribution is -0.0570. The largest absolute Gasteiger partial charge is 0.332 e. The van der Waals surface area contributed by atoms with Gasteiger partial charge in [0.25, 0.3) is 5.91 Å². The molecule has 2 atom stereocenters. The van der Waals surface area contributed by atoms with E-state index in [2.05, 4.69) is 28.2 Å². The first-order valence-corrected chi connectivity index (χ1v) is 12.6. The van der Waals surface area contributed by atoms with Crippen LogP contribution >= 0.6 is 11.3 Å². The van der Waals surface area contributed by atoms with Gasteiger partial charge in [-0.3, -0.25) is 4.79 Å². The standard InChI is InChI=1S/C26H23FN6OS/c1-15-17-11-19(12-17)32(22(15)6-7-25-31-21-4-3-18(27)13-24(21)35-25)26(34)20-10-16(14-28)2-5-23(20)33-29-8-9-30-33/h2-5,8-10,13,15,17,19,22H,6-7,11-12H2,1H3/t15-,17?,19?,22?/m1/s1. The monoisotopic (exact) mass is 486 g/mol. The van der Waals surface area contributed by atoms with E-state index < -0.39 is 0 Å². The second kappa shape index (κ2) is 8.54. The third kappa shape index (κ3) is 3.78. The van der Waals surface area contributed by atoms with Crippen LogP contribution in [0.4, 0.5) is 4.39 Å². The zero-order chi connectivity index (χ0) is 24.1. The van der Waals surface area contributed by atoms with Gasteiger partial charge in [0.1, 0.15) is 5.82 Å². The number of piperidine rings is 2. The van der Waals surface area contributed by atoms with Gasteiger partial charge in [0.05, 0.1) is 50.5 Å². The molecule has 4 aromatic rings. The Balaban J connectivity index is 1.31. The summed E-state index contributed by atoms with van der Waals surface area (Å²) in [5.41, 5.74) is 2.25. The Morgan fingerprint density at radius 3 is 2.77 bits per heavy atom. The zero-order valence-corrected chi connectivity index (χ0v) is 20.0. The molecular weight excluding hydrogens is 463 g/mol. The number of carbonyl (C=O) groups excluding carboxylic acids is 1. The fourth-order valence-corrected chi connectivity index (χ4v) is 6.61. The van der Waals surface area contributed by atoms with Crippen LogP contribution in [0.1, 0.15) is 47.1 Å². The van der Waals surface area contributed by atoms with Gasteiger partial charge in [0.2, 0.25) is 0 Å². The summed E-state index contributed by atoms with van der Waals surface area (Å²) in [4.78, 5) is 22.2. The van der Waals surface area contributed by atoms with E-state index in [1.807, 2.05) is 4.90 Å². The number of amides is 1. The number of fused-ring (bicyclic) bond motifs is 3. The number of aromatic nitrogens is 4. The predicted molar refractivity (Wildman–Crippen MR) is 130 cm³/mol. The summed E-state index contributed by atoms with van der Waals surface area (Å²) in [5, 5.41) is 18.9. The minimum atomic E-state index is -0.257. The Morgan fingerprint density at radius 1 is 1.20 bits per heavy atom. The van der Waals surface area contributed by atoms with Crippen molar-refractivity contribution < 1.29 is 9.18 Å². The van der Waals surface area contributed by atoms with Crippen LogP contribution in [0.3, 0.4) is 0 Å². The van der Waals surface area contributed by atoms with Crippen LogP contribution in [0.2, 0.25) is 0 Å². The molecule has 9 heteroatoms. The number of aryl methyl sites for hydroxylation is 1. The SMILES string of the molecule is C[C@@H]1C2CC(C2)N(C(=O)c2cc(C#N)ccc2-n2nccn2)C1CCc1nc2ccc(F)cc2s1. The van der Waals surface area contributed by atoms with Gasteiger partial charge >= 0.3 is 0 Å². The molecule has 7 rings (SSSR count). The Bertz CT molecular complexity index is 1450. The third-order valence-corrected chi connectivity index (χ3v) is 8.60. The topological polar surface area (TPSA) is 87.7 Å². The van der Waals surface area contributed by atoms with Crippen molar-refractivity contribution in [1.29, 1.82) is 5.26 Å². The molecule has 1 aliphatic carbocycles. The molecule has 3 fully saturated rings. The smallest absolute Gasteiger partial charge is 0.256 e. The third-order valence-electron chi connectivity index (χ3n) is 7.52. The average molecular weight is 487 g/mol. The van der Waals surface area contributed by atoms with E-state index in [9.17, 15) is 14.4 Å². The first-order chi connectivity index (χ1) is 17.0. The number of benzene rings is 2. The molecule has 2 aliphatic heterocycles. The van der Waals surface area contributed by atoms with Crippen LogP contribution in [0, 0.1) is 29.0 Å². The van der Waals surface area contributed by atoms with Crippen LogP contribution in [-0.4, -0.2) is 42.9 Å². The zero-order valence-electron chi connectivity index (χ0n) is 19.1. The fourth-order valence-electron chi connectivity index (χ4n) is 5.60. The second-order valence-electron chi connectivity index (χ2n) is 9.44. The molecule has 4 heterocycles. The summed E-state index contributed by atoms with van der Waals surface area (Å²) < 4.78 is 14.5. The van der Waals surface area contributed by atoms with Gasteiger partial charge in [-0.2, -0.15) is 20.3 Å². The maximum atomic E-state index is 14.1. The lowest BCUT2D eigenvalue weighted by atomic mass is 9.64. The molecular formula is C26H23FN6OS. The van der Waals surface area contributed by atoms with E-state index in [0.717, 1.165) is 40.9 Å². The highest BCUT2D eigenvalue weighted by molar-refractivity contribution is 7.18. The average Bonchev–Trinajstić information content (AvgIpc) is 3.51. The predicted octanol–water partition coefficient (Wildman–Crippen LogP) is 4.76. The number of rotatable bonds is 5. The second-order valence-corrected chi connectivity index (χ2v) is 10.6. The van der Waals surface area contributed by atoms with Crippen LogP contribution in [0.5, 0.6) is 0 Å². The Labute approximate surface area is 205 Å². The van der Waals surface area contributed by atoms with Gasteiger partial charge in [0.15, 0.2) is 0 Å². The van der Waals surface area contributed by atoms with Crippen molar-refractivity contribution in [2.45, 2.75) is 44.7 Å². The minimum Gasteiger partial charge on any atom is -0.332 e. The van der Waals surface area contributed by atoms with Gasteiger partial charge in [-0.1, -0.05) is 6.92 Å². The van der Waals surface area contributed by atoms with Gasteiger partial charge in [-0.05, 0) is 67.5 Å². The maximum absolute atomic E-state index is 14.1. The number of nitriles is 1. The van der Waals surface area contributed by atoms with Crippen molar-refractivity contribution >= 4 is 27.5 Å². The fraction of sp³-hybridized carbons (Fsp3) is 0.346. The molecule has 0 spiro atoms. The molecule has 2 bridgehead atoms. The van der Waals surface area contributed by atoms with Gasteiger partial charge < -0.3 is 4.90 Å². The molecule has 176 valence electrons. The number of hydrogen-bond donors (Lipinski definition) is 0. The van der Waals surface area contributed by atoms with Crippen molar-refractivity contribution in [3.8, 4) is 11.8 Å². The Morgan fingerprint density at radius 2 is 2.00 bits per heavy atom. The van der Waals surface area contributed by atoms with Crippen molar-refractivity contribution in [1.82, 2.24) is 24.9 Å². The van der Waals surface area contributed by atoms with Gasteiger partial charge in [-0.15, -0.1) is 11.3 Å². The highest BCUT2D eigenvalue weighted by Gasteiger charge is 2.50. The number of carbonyl (C=O) groups is 1. The summed E-state index contributed by atoms with van der Waals surface area (Å²) >= 11 is 1.51. The van der Waals surface area contributed by atoms with E-state index in [1.54, 1.807) is 36.7 Å². The number of hydrogen-bond acceptors (Lipinski definition) is 6. The van der Waals surface area contributed by atoms with E-state index in [-0.39, 0.29) is 23.8 Å². The van der Waals surface area contributed by atoms with Gasteiger partial charge in [0, 0.05) is 18.5 Å². The number of thiazole rings is 1. The molecule has 2 saturated heterocycles. The maximum Gasteiger partial charge on any atom is 0.256 e. The van der Waals surface area contributed by atoms with Crippen molar-refractivity contribution in [2.75, 3.05) is 0 Å². The summed E-state index contributed by atoms with van der Waals surface area (Å²) in [6.07, 6.45) is 6.67. The highest BCUT2D eigenvalue weighted by Crippen LogP contribution is 2.48. The highest BCUT2D eigenvalue weighted by atomic mass is 32.1. The molecule has 1 amide bonds. The van der Waals surface area contributed by atoms with Crippen LogP contribution in [0.15, 0.2) is 48.8 Å². The number of nitrogens with zero attached hydrogens (tertiary/aromatic N) is 6. The van der Waals surface area contributed by atoms with Crippen molar-refractivity contribution in [2.24, 2.45) is 11.8 Å². The quantitative estimate of drug-likeness (QED) is 0.406. The summed E-state index contributed by atoms with van der Waals surface area (Å²) in [6.45, 7) is 2.24. The first-order valence-electron chi connectivity index (χ1n) is 11.8. The van der Waals surface area contributed by atoms with Crippen LogP contribution in [0.25, 0.3) is 15.9 Å². The summed E-state index contributed by atoms with van der Waals surface area (Å²) in [6, 6.07) is 12.1. The van der Waals surface area contributed by atoms with Crippen molar-refractivity contribution in [3.63, 3.8) is 0 Å². The summed E-state index contributed by atoms with van der Waals surface area (Å²) in [5.74, 6) is 0.644. The molecule has 1 saturated carbocycles. The Hall–Kier alpha value is -3.64. The molecule has 3 aliphatic rings. The first kappa shape index (κ1) is 21.9. The van der Waals surface area contributed by atoms with Crippen molar-refractivity contribution in [3.05, 3.63) is 70.7 Å². The van der Waals surface area contributed by atoms with Crippen LogP contribution in [-0.2, 0) is 6.42 Å².